The number of ether oxygens (including phenoxy) is 2. The van der Waals surface area contributed by atoms with Gasteiger partial charge in [0.05, 0.1) is 13.2 Å². The third kappa shape index (κ3) is 4.05. The van der Waals surface area contributed by atoms with Gasteiger partial charge in [0.1, 0.15) is 11.6 Å². The summed E-state index contributed by atoms with van der Waals surface area (Å²) in [6, 6.07) is 4.66. The van der Waals surface area contributed by atoms with E-state index in [1.807, 2.05) is 12.4 Å². The third-order valence-corrected chi connectivity index (χ3v) is 5.12. The third-order valence-electron chi connectivity index (χ3n) is 5.12. The summed E-state index contributed by atoms with van der Waals surface area (Å²) in [5.41, 5.74) is 3.64. The fourth-order valence-corrected chi connectivity index (χ4v) is 3.89. The second-order valence-corrected chi connectivity index (χ2v) is 6.97. The van der Waals surface area contributed by atoms with Crippen LogP contribution in [0.25, 0.3) is 0 Å². The molecule has 0 saturated carbocycles. The van der Waals surface area contributed by atoms with E-state index in [1.165, 1.54) is 16.7 Å². The molecule has 1 aliphatic rings. The first-order valence-corrected chi connectivity index (χ1v) is 9.02. The maximum absolute atomic E-state index is 5.55. The minimum atomic E-state index is 0.242. The molecule has 1 fully saturated rings. The van der Waals surface area contributed by atoms with Crippen LogP contribution in [0.5, 0.6) is 5.75 Å². The van der Waals surface area contributed by atoms with E-state index < -0.39 is 0 Å². The molecule has 3 rings (SSSR count). The molecular weight excluding hydrogens is 314 g/mol. The average Bonchev–Trinajstić information content (AvgIpc) is 3.02. The van der Waals surface area contributed by atoms with Gasteiger partial charge >= 0.3 is 0 Å². The molecule has 1 aromatic carbocycles. The molecule has 1 atom stereocenters. The Kier molecular flexibility index (Phi) is 5.76. The normalized spacial score (nSPS) is 16.8. The lowest BCUT2D eigenvalue weighted by Crippen LogP contribution is -2.33. The lowest BCUT2D eigenvalue weighted by atomic mass is 9.90. The highest BCUT2D eigenvalue weighted by Gasteiger charge is 2.27. The number of imidazole rings is 1. The van der Waals surface area contributed by atoms with Crippen LogP contribution < -0.4 is 10.1 Å². The zero-order valence-corrected chi connectivity index (χ0v) is 15.7. The fraction of sp³-hybridized carbons (Fsp3) is 0.550. The molecule has 0 spiro atoms. The minimum Gasteiger partial charge on any atom is -0.496 e. The van der Waals surface area contributed by atoms with E-state index in [0.29, 0.717) is 5.92 Å². The van der Waals surface area contributed by atoms with Crippen LogP contribution in [0.2, 0.25) is 0 Å². The van der Waals surface area contributed by atoms with Gasteiger partial charge in [0.2, 0.25) is 0 Å². The fourth-order valence-electron chi connectivity index (χ4n) is 3.89. The van der Waals surface area contributed by atoms with Crippen molar-refractivity contribution in [1.29, 1.82) is 0 Å². The maximum Gasteiger partial charge on any atom is 0.125 e. The topological polar surface area (TPSA) is 48.3 Å². The van der Waals surface area contributed by atoms with Crippen LogP contribution in [0.1, 0.15) is 41.4 Å². The molecule has 0 bridgehead atoms. The van der Waals surface area contributed by atoms with Gasteiger partial charge in [-0.25, -0.2) is 4.98 Å². The number of rotatable bonds is 6. The molecule has 5 heteroatoms. The summed E-state index contributed by atoms with van der Waals surface area (Å²) in [6.45, 7) is 6.71. The second kappa shape index (κ2) is 8.02. The Morgan fingerprint density at radius 2 is 1.96 bits per heavy atom. The first-order valence-electron chi connectivity index (χ1n) is 9.02. The average molecular weight is 343 g/mol. The highest BCUT2D eigenvalue weighted by atomic mass is 16.5. The number of methoxy groups -OCH3 is 1. The summed E-state index contributed by atoms with van der Waals surface area (Å²) in [5, 5.41) is 3.76. The molecule has 1 aliphatic heterocycles. The molecular formula is C20H29N3O2. The number of hydrogen-bond acceptors (Lipinski definition) is 4. The van der Waals surface area contributed by atoms with Crippen molar-refractivity contribution in [3.63, 3.8) is 0 Å². The van der Waals surface area contributed by atoms with E-state index in [-0.39, 0.29) is 6.04 Å². The summed E-state index contributed by atoms with van der Waals surface area (Å²) in [5.74, 6) is 2.64. The van der Waals surface area contributed by atoms with Crippen LogP contribution in [0.3, 0.4) is 0 Å². The quantitative estimate of drug-likeness (QED) is 0.874. The van der Waals surface area contributed by atoms with E-state index in [9.17, 15) is 0 Å². The highest BCUT2D eigenvalue weighted by molar-refractivity contribution is 5.43. The van der Waals surface area contributed by atoms with Gasteiger partial charge in [-0.3, -0.25) is 0 Å². The van der Waals surface area contributed by atoms with Gasteiger partial charge in [0.25, 0.3) is 0 Å². The number of aromatic nitrogens is 2. The number of nitrogens with one attached hydrogen (secondary N) is 1. The van der Waals surface area contributed by atoms with Crippen LogP contribution >= 0.6 is 0 Å². The van der Waals surface area contributed by atoms with Gasteiger partial charge in [-0.1, -0.05) is 12.1 Å². The maximum atomic E-state index is 5.55. The zero-order chi connectivity index (χ0) is 17.8. The molecule has 136 valence electrons. The van der Waals surface area contributed by atoms with Crippen LogP contribution in [0.4, 0.5) is 0 Å². The summed E-state index contributed by atoms with van der Waals surface area (Å²) < 4.78 is 13.1. The molecule has 2 heterocycles. The molecule has 0 aliphatic carbocycles. The van der Waals surface area contributed by atoms with Crippen LogP contribution in [-0.4, -0.2) is 29.9 Å². The lowest BCUT2D eigenvalue weighted by Gasteiger charge is -2.31. The van der Waals surface area contributed by atoms with Crippen molar-refractivity contribution < 1.29 is 9.47 Å². The van der Waals surface area contributed by atoms with E-state index in [2.05, 4.69) is 47.9 Å². The standard InChI is InChI=1S/C20H29N3O2/c1-14-11-16(12-15(2)19(14)24-4)13-22-18(17-5-9-25-10-6-17)20-21-7-8-23(20)3/h7-8,11-12,17-18,22H,5-6,9-10,13H2,1-4H3/t18-/m0/s1. The van der Waals surface area contributed by atoms with Gasteiger partial charge in [-0.05, 0) is 49.3 Å². The van der Waals surface area contributed by atoms with Gasteiger partial charge in [0.15, 0.2) is 0 Å². The molecule has 1 N–H and O–H groups in total. The number of aryl methyl sites for hydroxylation is 3. The molecule has 0 unspecified atom stereocenters. The monoisotopic (exact) mass is 343 g/mol. The van der Waals surface area contributed by atoms with Crippen LogP contribution in [0.15, 0.2) is 24.5 Å². The van der Waals surface area contributed by atoms with Crippen LogP contribution in [0, 0.1) is 19.8 Å². The Labute approximate surface area is 150 Å². The Morgan fingerprint density at radius 3 is 2.52 bits per heavy atom. The molecule has 1 aromatic heterocycles. The van der Waals surface area contributed by atoms with Crippen molar-refractivity contribution in [3.05, 3.63) is 47.0 Å². The lowest BCUT2D eigenvalue weighted by molar-refractivity contribution is 0.0518. The van der Waals surface area contributed by atoms with Crippen molar-refractivity contribution in [2.75, 3.05) is 20.3 Å². The highest BCUT2D eigenvalue weighted by Crippen LogP contribution is 2.30. The molecule has 5 nitrogen and oxygen atoms in total. The SMILES string of the molecule is COc1c(C)cc(CN[C@H](c2nccn2C)C2CCOCC2)cc1C. The summed E-state index contributed by atoms with van der Waals surface area (Å²) >= 11 is 0. The summed E-state index contributed by atoms with van der Waals surface area (Å²) in [6.07, 6.45) is 6.05. The largest absolute Gasteiger partial charge is 0.496 e. The molecule has 1 saturated heterocycles. The first kappa shape index (κ1) is 18.0. The predicted octanol–water partition coefficient (Wildman–Crippen LogP) is 3.30. The van der Waals surface area contributed by atoms with Crippen LogP contribution in [-0.2, 0) is 18.3 Å². The number of nitrogens with zero attached hydrogens (tertiary/aromatic N) is 2. The second-order valence-electron chi connectivity index (χ2n) is 6.97. The zero-order valence-electron chi connectivity index (χ0n) is 15.7. The van der Waals surface area contributed by atoms with Gasteiger partial charge < -0.3 is 19.4 Å². The van der Waals surface area contributed by atoms with Crippen molar-refractivity contribution in [1.82, 2.24) is 14.9 Å². The molecule has 0 radical (unpaired) electrons. The van der Waals surface area contributed by atoms with Gasteiger partial charge in [-0.2, -0.15) is 0 Å². The minimum absolute atomic E-state index is 0.242. The van der Waals surface area contributed by atoms with E-state index in [1.54, 1.807) is 7.11 Å². The van der Waals surface area contributed by atoms with Gasteiger partial charge in [-0.15, -0.1) is 0 Å². The predicted molar refractivity (Wildman–Crippen MR) is 98.8 cm³/mol. The Morgan fingerprint density at radius 1 is 1.28 bits per heavy atom. The number of hydrogen-bond donors (Lipinski definition) is 1. The van der Waals surface area contributed by atoms with Crippen molar-refractivity contribution in [3.8, 4) is 5.75 Å². The number of benzene rings is 1. The van der Waals surface area contributed by atoms with E-state index in [0.717, 1.165) is 44.2 Å². The molecule has 2 aromatic rings. The summed E-state index contributed by atoms with van der Waals surface area (Å²) in [7, 11) is 3.80. The smallest absolute Gasteiger partial charge is 0.125 e. The Bertz CT molecular complexity index is 682. The Balaban J connectivity index is 1.78. The van der Waals surface area contributed by atoms with E-state index >= 15 is 0 Å². The van der Waals surface area contributed by atoms with Gasteiger partial charge in [0, 0.05) is 39.2 Å². The summed E-state index contributed by atoms with van der Waals surface area (Å²) in [4.78, 5) is 4.61. The molecule has 0 amide bonds. The van der Waals surface area contributed by atoms with Crippen molar-refractivity contribution in [2.45, 2.75) is 39.3 Å². The van der Waals surface area contributed by atoms with Crippen molar-refractivity contribution >= 4 is 0 Å². The first-order chi connectivity index (χ1) is 12.1. The van der Waals surface area contributed by atoms with E-state index in [4.69, 9.17) is 9.47 Å². The van der Waals surface area contributed by atoms with Crippen molar-refractivity contribution in [2.24, 2.45) is 13.0 Å². The molecule has 25 heavy (non-hydrogen) atoms. The Hall–Kier alpha value is -1.85.